The Bertz CT molecular complexity index is 734. The second-order valence-electron chi connectivity index (χ2n) is 7.33. The van der Waals surface area contributed by atoms with Gasteiger partial charge in [-0.15, -0.1) is 10.2 Å². The first-order valence-corrected chi connectivity index (χ1v) is 9.79. The molecule has 0 saturated carbocycles. The van der Waals surface area contributed by atoms with Crippen LogP contribution in [0.25, 0.3) is 0 Å². The number of piperidine rings is 1. The van der Waals surface area contributed by atoms with E-state index in [0.717, 1.165) is 51.3 Å². The zero-order valence-corrected chi connectivity index (χ0v) is 15.2. The lowest BCUT2D eigenvalue weighted by atomic mass is 9.89. The molecule has 4 rings (SSSR count). The van der Waals surface area contributed by atoms with Gasteiger partial charge in [0.2, 0.25) is 5.82 Å². The SMILES string of the molecule is O=C(NCCN1CCC(c2ccccc2)CC1)c1nnc2n1CCCC2. The summed E-state index contributed by atoms with van der Waals surface area (Å²) in [5, 5.41) is 11.3. The molecule has 2 aliphatic rings. The predicted octanol–water partition coefficient (Wildman–Crippen LogP) is 2.22. The number of rotatable bonds is 5. The molecule has 0 bridgehead atoms. The van der Waals surface area contributed by atoms with Crippen LogP contribution in [0.5, 0.6) is 0 Å². The quantitative estimate of drug-likeness (QED) is 0.895. The molecule has 26 heavy (non-hydrogen) atoms. The molecule has 0 radical (unpaired) electrons. The smallest absolute Gasteiger partial charge is 0.289 e. The number of amides is 1. The fourth-order valence-electron chi connectivity index (χ4n) is 4.10. The highest BCUT2D eigenvalue weighted by molar-refractivity contribution is 5.90. The van der Waals surface area contributed by atoms with Crippen molar-refractivity contribution in [2.24, 2.45) is 0 Å². The number of likely N-dealkylation sites (tertiary alicyclic amines) is 1. The highest BCUT2D eigenvalue weighted by atomic mass is 16.2. The fourth-order valence-corrected chi connectivity index (χ4v) is 4.10. The number of fused-ring (bicyclic) bond motifs is 1. The standard InChI is InChI=1S/C20H27N5O/c26-20(19-23-22-18-8-4-5-12-25(18)19)21-11-15-24-13-9-17(10-14-24)16-6-2-1-3-7-16/h1-3,6-7,17H,4-5,8-15H2,(H,21,26). The molecular formula is C20H27N5O. The van der Waals surface area contributed by atoms with Crippen molar-refractivity contribution in [2.75, 3.05) is 26.2 Å². The molecule has 1 amide bonds. The zero-order chi connectivity index (χ0) is 17.8. The average molecular weight is 353 g/mol. The molecule has 1 N–H and O–H groups in total. The summed E-state index contributed by atoms with van der Waals surface area (Å²) < 4.78 is 1.98. The normalized spacial score (nSPS) is 18.5. The van der Waals surface area contributed by atoms with Crippen LogP contribution in [-0.4, -0.2) is 51.8 Å². The van der Waals surface area contributed by atoms with Crippen LogP contribution in [0.4, 0.5) is 0 Å². The Labute approximate surface area is 154 Å². The summed E-state index contributed by atoms with van der Waals surface area (Å²) in [7, 11) is 0. The van der Waals surface area contributed by atoms with Gasteiger partial charge in [-0.2, -0.15) is 0 Å². The van der Waals surface area contributed by atoms with Crippen molar-refractivity contribution >= 4 is 5.91 Å². The number of nitrogens with one attached hydrogen (secondary N) is 1. The Morgan fingerprint density at radius 2 is 1.88 bits per heavy atom. The number of carbonyl (C=O) groups is 1. The molecule has 2 aliphatic heterocycles. The van der Waals surface area contributed by atoms with Crippen molar-refractivity contribution in [3.63, 3.8) is 0 Å². The van der Waals surface area contributed by atoms with E-state index in [1.165, 1.54) is 18.4 Å². The Balaban J connectivity index is 1.22. The molecule has 0 spiro atoms. The lowest BCUT2D eigenvalue weighted by Gasteiger charge is -2.32. The van der Waals surface area contributed by atoms with Gasteiger partial charge >= 0.3 is 0 Å². The number of nitrogens with zero attached hydrogens (tertiary/aromatic N) is 4. The monoisotopic (exact) mass is 353 g/mol. The summed E-state index contributed by atoms with van der Waals surface area (Å²) in [6.45, 7) is 4.61. The first kappa shape index (κ1) is 17.2. The average Bonchev–Trinajstić information content (AvgIpc) is 3.13. The maximum absolute atomic E-state index is 12.4. The van der Waals surface area contributed by atoms with Crippen LogP contribution in [0.3, 0.4) is 0 Å². The first-order chi connectivity index (χ1) is 12.8. The van der Waals surface area contributed by atoms with Crippen molar-refractivity contribution < 1.29 is 4.79 Å². The summed E-state index contributed by atoms with van der Waals surface area (Å²) in [6, 6.07) is 10.8. The number of aryl methyl sites for hydroxylation is 1. The summed E-state index contributed by atoms with van der Waals surface area (Å²) in [5.74, 6) is 2.00. The maximum Gasteiger partial charge on any atom is 0.289 e. The highest BCUT2D eigenvalue weighted by Gasteiger charge is 2.22. The summed E-state index contributed by atoms with van der Waals surface area (Å²) in [4.78, 5) is 14.8. The summed E-state index contributed by atoms with van der Waals surface area (Å²) in [5.41, 5.74) is 1.46. The van der Waals surface area contributed by atoms with E-state index < -0.39 is 0 Å². The van der Waals surface area contributed by atoms with Gasteiger partial charge < -0.3 is 14.8 Å². The molecule has 3 heterocycles. The Morgan fingerprint density at radius 1 is 1.08 bits per heavy atom. The van der Waals surface area contributed by atoms with Crippen molar-refractivity contribution in [3.05, 3.63) is 47.5 Å². The molecule has 1 aromatic heterocycles. The molecule has 0 unspecified atom stereocenters. The lowest BCUT2D eigenvalue weighted by Crippen LogP contribution is -2.39. The van der Waals surface area contributed by atoms with Crippen molar-refractivity contribution in [1.29, 1.82) is 0 Å². The zero-order valence-electron chi connectivity index (χ0n) is 15.2. The summed E-state index contributed by atoms with van der Waals surface area (Å²) >= 11 is 0. The van der Waals surface area contributed by atoms with E-state index in [1.807, 2.05) is 4.57 Å². The van der Waals surface area contributed by atoms with Crippen molar-refractivity contribution in [2.45, 2.75) is 44.6 Å². The third-order valence-corrected chi connectivity index (χ3v) is 5.63. The van der Waals surface area contributed by atoms with Crippen LogP contribution in [0.15, 0.2) is 30.3 Å². The molecule has 138 valence electrons. The van der Waals surface area contributed by atoms with E-state index in [9.17, 15) is 4.79 Å². The predicted molar refractivity (Wildman–Crippen MR) is 100 cm³/mol. The number of carbonyl (C=O) groups excluding carboxylic acids is 1. The number of benzene rings is 1. The van der Waals surface area contributed by atoms with Gasteiger partial charge in [-0.05, 0) is 50.3 Å². The molecule has 1 saturated heterocycles. The van der Waals surface area contributed by atoms with E-state index in [4.69, 9.17) is 0 Å². The van der Waals surface area contributed by atoms with Crippen LogP contribution in [0, 0.1) is 0 Å². The molecule has 0 atom stereocenters. The van der Waals surface area contributed by atoms with Gasteiger partial charge in [0, 0.05) is 26.1 Å². The number of hydrogen-bond acceptors (Lipinski definition) is 4. The van der Waals surface area contributed by atoms with Gasteiger partial charge in [0.15, 0.2) is 0 Å². The minimum atomic E-state index is -0.0928. The largest absolute Gasteiger partial charge is 0.348 e. The van der Waals surface area contributed by atoms with E-state index in [-0.39, 0.29) is 5.91 Å². The van der Waals surface area contributed by atoms with Gasteiger partial charge in [0.05, 0.1) is 0 Å². The van der Waals surface area contributed by atoms with Gasteiger partial charge in [-0.1, -0.05) is 30.3 Å². The van der Waals surface area contributed by atoms with Crippen LogP contribution in [0.1, 0.15) is 53.6 Å². The molecule has 1 fully saturated rings. The molecule has 6 heteroatoms. The van der Waals surface area contributed by atoms with Crippen LogP contribution < -0.4 is 5.32 Å². The van der Waals surface area contributed by atoms with Gasteiger partial charge in [-0.25, -0.2) is 0 Å². The minimum absolute atomic E-state index is 0.0928. The fraction of sp³-hybridized carbons (Fsp3) is 0.550. The van der Waals surface area contributed by atoms with Gasteiger partial charge in [0.25, 0.3) is 5.91 Å². The van der Waals surface area contributed by atoms with Crippen LogP contribution in [0.2, 0.25) is 0 Å². The number of aromatic nitrogens is 3. The van der Waals surface area contributed by atoms with E-state index in [0.29, 0.717) is 18.3 Å². The van der Waals surface area contributed by atoms with E-state index in [1.54, 1.807) is 0 Å². The molecule has 2 aromatic rings. The Kier molecular flexibility index (Phi) is 5.29. The van der Waals surface area contributed by atoms with Gasteiger partial charge in [0.1, 0.15) is 5.82 Å². The Morgan fingerprint density at radius 3 is 2.69 bits per heavy atom. The molecule has 6 nitrogen and oxygen atoms in total. The van der Waals surface area contributed by atoms with Crippen LogP contribution >= 0.6 is 0 Å². The number of hydrogen-bond donors (Lipinski definition) is 1. The maximum atomic E-state index is 12.4. The second-order valence-corrected chi connectivity index (χ2v) is 7.33. The van der Waals surface area contributed by atoms with Crippen LogP contribution in [-0.2, 0) is 13.0 Å². The third kappa shape index (κ3) is 3.80. The topological polar surface area (TPSA) is 63.1 Å². The molecule has 0 aliphatic carbocycles. The molecular weight excluding hydrogens is 326 g/mol. The third-order valence-electron chi connectivity index (χ3n) is 5.63. The first-order valence-electron chi connectivity index (χ1n) is 9.79. The minimum Gasteiger partial charge on any atom is -0.348 e. The van der Waals surface area contributed by atoms with Gasteiger partial charge in [-0.3, -0.25) is 4.79 Å². The summed E-state index contributed by atoms with van der Waals surface area (Å²) in [6.07, 6.45) is 5.54. The van der Waals surface area contributed by atoms with Crippen molar-refractivity contribution in [3.8, 4) is 0 Å². The Hall–Kier alpha value is -2.21. The van der Waals surface area contributed by atoms with Crippen molar-refractivity contribution in [1.82, 2.24) is 25.0 Å². The lowest BCUT2D eigenvalue weighted by molar-refractivity contribution is 0.0929. The highest BCUT2D eigenvalue weighted by Crippen LogP contribution is 2.27. The molecule has 1 aromatic carbocycles. The van der Waals surface area contributed by atoms with E-state index >= 15 is 0 Å². The van der Waals surface area contributed by atoms with E-state index in [2.05, 4.69) is 50.7 Å². The second kappa shape index (κ2) is 7.99.